The van der Waals surface area contributed by atoms with Crippen molar-refractivity contribution in [3.8, 4) is 0 Å². The standard InChI is InChI=1S/C14H16N4O2/c1-17(2)14-12(7-5-9-15-14)16-10-11-6-3-4-8-13(11)18(19)20/h3-9,16H,10H2,1-2H3. The molecular weight excluding hydrogens is 256 g/mol. The Morgan fingerprint density at radius 3 is 2.70 bits per heavy atom. The van der Waals surface area contributed by atoms with Crippen molar-refractivity contribution in [1.29, 1.82) is 0 Å². The minimum absolute atomic E-state index is 0.121. The first-order valence-electron chi connectivity index (χ1n) is 6.18. The van der Waals surface area contributed by atoms with Crippen LogP contribution in [-0.4, -0.2) is 24.0 Å². The molecule has 1 N–H and O–H groups in total. The van der Waals surface area contributed by atoms with E-state index < -0.39 is 0 Å². The Balaban J connectivity index is 2.20. The lowest BCUT2D eigenvalue weighted by Crippen LogP contribution is -2.14. The molecule has 0 spiro atoms. The van der Waals surface area contributed by atoms with E-state index in [0.29, 0.717) is 12.1 Å². The summed E-state index contributed by atoms with van der Waals surface area (Å²) in [5, 5.41) is 14.2. The number of aromatic nitrogens is 1. The van der Waals surface area contributed by atoms with Gasteiger partial charge in [0.05, 0.1) is 10.6 Å². The molecule has 0 aliphatic heterocycles. The molecule has 0 fully saturated rings. The largest absolute Gasteiger partial charge is 0.378 e. The van der Waals surface area contributed by atoms with E-state index in [0.717, 1.165) is 11.5 Å². The maximum absolute atomic E-state index is 11.0. The molecule has 6 nitrogen and oxygen atoms in total. The molecule has 0 radical (unpaired) electrons. The van der Waals surface area contributed by atoms with Gasteiger partial charge in [-0.25, -0.2) is 4.98 Å². The first-order valence-corrected chi connectivity index (χ1v) is 6.18. The third-order valence-electron chi connectivity index (χ3n) is 2.87. The molecule has 20 heavy (non-hydrogen) atoms. The summed E-state index contributed by atoms with van der Waals surface area (Å²) >= 11 is 0. The first kappa shape index (κ1) is 13.8. The van der Waals surface area contributed by atoms with E-state index in [1.54, 1.807) is 24.4 Å². The molecule has 0 atom stereocenters. The van der Waals surface area contributed by atoms with Gasteiger partial charge in [0.2, 0.25) is 0 Å². The Morgan fingerprint density at radius 1 is 1.25 bits per heavy atom. The van der Waals surface area contributed by atoms with Crippen LogP contribution in [0.4, 0.5) is 17.2 Å². The molecule has 1 aromatic heterocycles. The van der Waals surface area contributed by atoms with Crippen LogP contribution in [0, 0.1) is 10.1 Å². The zero-order valence-electron chi connectivity index (χ0n) is 11.4. The fraction of sp³-hybridized carbons (Fsp3) is 0.214. The van der Waals surface area contributed by atoms with Crippen LogP contribution in [0.5, 0.6) is 0 Å². The molecule has 0 amide bonds. The Kier molecular flexibility index (Phi) is 4.14. The van der Waals surface area contributed by atoms with Gasteiger partial charge in [-0.05, 0) is 12.1 Å². The highest BCUT2D eigenvalue weighted by molar-refractivity contribution is 5.65. The van der Waals surface area contributed by atoms with Gasteiger partial charge >= 0.3 is 0 Å². The Labute approximate surface area is 117 Å². The lowest BCUT2D eigenvalue weighted by atomic mass is 10.2. The Hall–Kier alpha value is -2.63. The van der Waals surface area contributed by atoms with Crippen LogP contribution in [-0.2, 0) is 6.54 Å². The van der Waals surface area contributed by atoms with Crippen molar-refractivity contribution in [2.24, 2.45) is 0 Å². The Bertz CT molecular complexity index is 614. The van der Waals surface area contributed by atoms with Crippen molar-refractivity contribution in [3.63, 3.8) is 0 Å². The summed E-state index contributed by atoms with van der Waals surface area (Å²) in [6, 6.07) is 10.4. The SMILES string of the molecule is CN(C)c1ncccc1NCc1ccccc1[N+](=O)[O-]. The molecule has 2 aromatic rings. The number of para-hydroxylation sites is 1. The van der Waals surface area contributed by atoms with Gasteiger partial charge in [-0.2, -0.15) is 0 Å². The molecule has 0 aliphatic carbocycles. The zero-order chi connectivity index (χ0) is 14.5. The summed E-state index contributed by atoms with van der Waals surface area (Å²) in [6.07, 6.45) is 1.71. The van der Waals surface area contributed by atoms with E-state index in [4.69, 9.17) is 0 Å². The van der Waals surface area contributed by atoms with Crippen LogP contribution < -0.4 is 10.2 Å². The second-order valence-electron chi connectivity index (χ2n) is 4.51. The number of nitrogens with zero attached hydrogens (tertiary/aromatic N) is 3. The number of hydrogen-bond acceptors (Lipinski definition) is 5. The fourth-order valence-electron chi connectivity index (χ4n) is 1.92. The first-order chi connectivity index (χ1) is 9.59. The number of benzene rings is 1. The second-order valence-corrected chi connectivity index (χ2v) is 4.51. The number of anilines is 2. The van der Waals surface area contributed by atoms with Crippen molar-refractivity contribution in [3.05, 3.63) is 58.3 Å². The van der Waals surface area contributed by atoms with Crippen LogP contribution >= 0.6 is 0 Å². The van der Waals surface area contributed by atoms with E-state index >= 15 is 0 Å². The number of nitrogens with one attached hydrogen (secondary N) is 1. The van der Waals surface area contributed by atoms with Crippen molar-refractivity contribution >= 4 is 17.2 Å². The van der Waals surface area contributed by atoms with Crippen LogP contribution in [0.2, 0.25) is 0 Å². The third-order valence-corrected chi connectivity index (χ3v) is 2.87. The minimum atomic E-state index is -0.368. The number of nitro groups is 1. The summed E-state index contributed by atoms with van der Waals surface area (Å²) in [5.74, 6) is 0.797. The van der Waals surface area contributed by atoms with Crippen LogP contribution in [0.3, 0.4) is 0 Å². The summed E-state index contributed by atoms with van der Waals surface area (Å²) in [4.78, 5) is 16.8. The molecule has 0 saturated carbocycles. The highest BCUT2D eigenvalue weighted by atomic mass is 16.6. The van der Waals surface area contributed by atoms with Crippen LogP contribution in [0.25, 0.3) is 0 Å². The second kappa shape index (κ2) is 6.01. The number of nitro benzene ring substituents is 1. The molecule has 1 heterocycles. The molecule has 2 rings (SSSR count). The van der Waals surface area contributed by atoms with E-state index in [1.807, 2.05) is 31.1 Å². The summed E-state index contributed by atoms with van der Waals surface area (Å²) in [5.41, 5.74) is 1.61. The van der Waals surface area contributed by atoms with Gasteiger partial charge in [0, 0.05) is 38.5 Å². The maximum Gasteiger partial charge on any atom is 0.274 e. The van der Waals surface area contributed by atoms with Crippen molar-refractivity contribution < 1.29 is 4.92 Å². The molecule has 1 aromatic carbocycles. The normalized spacial score (nSPS) is 10.1. The smallest absolute Gasteiger partial charge is 0.274 e. The molecule has 0 saturated heterocycles. The van der Waals surface area contributed by atoms with E-state index in [2.05, 4.69) is 10.3 Å². The monoisotopic (exact) mass is 272 g/mol. The topological polar surface area (TPSA) is 71.3 Å². The average molecular weight is 272 g/mol. The highest BCUT2D eigenvalue weighted by Gasteiger charge is 2.12. The summed E-state index contributed by atoms with van der Waals surface area (Å²) < 4.78 is 0. The minimum Gasteiger partial charge on any atom is -0.378 e. The van der Waals surface area contributed by atoms with Crippen molar-refractivity contribution in [1.82, 2.24) is 4.98 Å². The lowest BCUT2D eigenvalue weighted by molar-refractivity contribution is -0.385. The number of rotatable bonds is 5. The van der Waals surface area contributed by atoms with Gasteiger partial charge < -0.3 is 10.2 Å². The lowest BCUT2D eigenvalue weighted by Gasteiger charge is -2.16. The van der Waals surface area contributed by atoms with Gasteiger partial charge in [-0.15, -0.1) is 0 Å². The van der Waals surface area contributed by atoms with Gasteiger partial charge in [0.1, 0.15) is 0 Å². The molecular formula is C14H16N4O2. The molecule has 0 bridgehead atoms. The van der Waals surface area contributed by atoms with Crippen molar-refractivity contribution in [2.75, 3.05) is 24.3 Å². The highest BCUT2D eigenvalue weighted by Crippen LogP contribution is 2.23. The molecule has 104 valence electrons. The number of hydrogen-bond donors (Lipinski definition) is 1. The van der Waals surface area contributed by atoms with Crippen molar-refractivity contribution in [2.45, 2.75) is 6.54 Å². The van der Waals surface area contributed by atoms with Crippen LogP contribution in [0.15, 0.2) is 42.6 Å². The van der Waals surface area contributed by atoms with E-state index in [1.165, 1.54) is 6.07 Å². The third kappa shape index (κ3) is 3.03. The van der Waals surface area contributed by atoms with E-state index in [9.17, 15) is 10.1 Å². The number of pyridine rings is 1. The molecule has 0 aliphatic rings. The van der Waals surface area contributed by atoms with Gasteiger partial charge in [-0.3, -0.25) is 10.1 Å². The predicted molar refractivity (Wildman–Crippen MR) is 79.0 cm³/mol. The van der Waals surface area contributed by atoms with E-state index in [-0.39, 0.29) is 10.6 Å². The van der Waals surface area contributed by atoms with Gasteiger partial charge in [0.15, 0.2) is 5.82 Å². The summed E-state index contributed by atoms with van der Waals surface area (Å²) in [7, 11) is 3.80. The quantitative estimate of drug-likeness (QED) is 0.669. The predicted octanol–water partition coefficient (Wildman–Crippen LogP) is 2.67. The van der Waals surface area contributed by atoms with Gasteiger partial charge in [-0.1, -0.05) is 18.2 Å². The zero-order valence-corrected chi connectivity index (χ0v) is 11.4. The maximum atomic E-state index is 11.0. The molecule has 0 unspecified atom stereocenters. The fourth-order valence-corrected chi connectivity index (χ4v) is 1.92. The Morgan fingerprint density at radius 2 is 2.00 bits per heavy atom. The van der Waals surface area contributed by atoms with Crippen LogP contribution in [0.1, 0.15) is 5.56 Å². The van der Waals surface area contributed by atoms with Gasteiger partial charge in [0.25, 0.3) is 5.69 Å². The average Bonchev–Trinajstić information content (AvgIpc) is 2.45. The molecule has 6 heteroatoms. The summed E-state index contributed by atoms with van der Waals surface area (Å²) in [6.45, 7) is 0.379.